The van der Waals surface area contributed by atoms with Gasteiger partial charge in [-0.25, -0.2) is 23.5 Å². The number of fused-ring (bicyclic) bond motifs is 1. The molecule has 1 aromatic heterocycles. The van der Waals surface area contributed by atoms with Crippen molar-refractivity contribution < 1.29 is 0 Å². The van der Waals surface area contributed by atoms with Crippen molar-refractivity contribution in [3.8, 4) is 5.69 Å². The van der Waals surface area contributed by atoms with Crippen molar-refractivity contribution in [1.29, 1.82) is 0 Å². The molecule has 1 aliphatic heterocycles. The third-order valence-corrected chi connectivity index (χ3v) is 4.84. The van der Waals surface area contributed by atoms with Crippen LogP contribution in [-0.4, -0.2) is 13.9 Å². The molecule has 0 spiro atoms. The van der Waals surface area contributed by atoms with Gasteiger partial charge in [0.1, 0.15) is 0 Å². The van der Waals surface area contributed by atoms with Crippen LogP contribution >= 0.6 is 0 Å². The summed E-state index contributed by atoms with van der Waals surface area (Å²) in [5, 5.41) is 0. The van der Waals surface area contributed by atoms with E-state index in [4.69, 9.17) is 0 Å². The SMILES string of the molecule is C=C1CCCCC2=C1Cn1c(=O)n(-c3ccccc3)c(=O)n1C2. The lowest BCUT2D eigenvalue weighted by atomic mass is 9.98. The highest BCUT2D eigenvalue weighted by atomic mass is 16.2. The van der Waals surface area contributed by atoms with Crippen LogP contribution in [0.25, 0.3) is 5.69 Å². The van der Waals surface area contributed by atoms with Gasteiger partial charge in [-0.2, -0.15) is 0 Å². The zero-order valence-corrected chi connectivity index (χ0v) is 13.0. The third kappa shape index (κ3) is 2.15. The summed E-state index contributed by atoms with van der Waals surface area (Å²) in [5.74, 6) is 0. The largest absolute Gasteiger partial charge is 0.352 e. The van der Waals surface area contributed by atoms with E-state index in [0.717, 1.165) is 31.3 Å². The molecule has 0 radical (unpaired) electrons. The van der Waals surface area contributed by atoms with Crippen LogP contribution in [0.3, 0.4) is 0 Å². The molecular weight excluding hydrogens is 290 g/mol. The molecule has 0 saturated carbocycles. The quantitative estimate of drug-likeness (QED) is 0.811. The minimum absolute atomic E-state index is 0.261. The van der Waals surface area contributed by atoms with E-state index in [1.807, 2.05) is 18.2 Å². The predicted molar refractivity (Wildman–Crippen MR) is 88.9 cm³/mol. The molecule has 5 heteroatoms. The number of para-hydroxylation sites is 1. The lowest BCUT2D eigenvalue weighted by molar-refractivity contribution is 0.449. The molecule has 2 heterocycles. The van der Waals surface area contributed by atoms with Crippen LogP contribution in [0.1, 0.15) is 25.7 Å². The van der Waals surface area contributed by atoms with Crippen LogP contribution in [0.2, 0.25) is 0 Å². The van der Waals surface area contributed by atoms with E-state index < -0.39 is 0 Å². The minimum Gasteiger partial charge on any atom is -0.245 e. The maximum absolute atomic E-state index is 12.8. The van der Waals surface area contributed by atoms with Crippen molar-refractivity contribution in [2.75, 3.05) is 0 Å². The number of nitrogens with zero attached hydrogens (tertiary/aromatic N) is 3. The number of hydrogen-bond acceptors (Lipinski definition) is 2. The minimum atomic E-state index is -0.273. The fourth-order valence-corrected chi connectivity index (χ4v) is 3.58. The van der Waals surface area contributed by atoms with Gasteiger partial charge in [-0.3, -0.25) is 0 Å². The molecule has 0 atom stereocenters. The van der Waals surface area contributed by atoms with Crippen LogP contribution in [0, 0.1) is 0 Å². The van der Waals surface area contributed by atoms with Crippen molar-refractivity contribution in [3.63, 3.8) is 0 Å². The molecule has 2 aliphatic rings. The fourth-order valence-electron chi connectivity index (χ4n) is 3.58. The second-order valence-electron chi connectivity index (χ2n) is 6.24. The number of hydrogen-bond donors (Lipinski definition) is 0. The summed E-state index contributed by atoms with van der Waals surface area (Å²) < 4.78 is 4.40. The maximum Gasteiger partial charge on any atom is 0.352 e. The van der Waals surface area contributed by atoms with E-state index in [1.54, 1.807) is 21.5 Å². The van der Waals surface area contributed by atoms with Crippen LogP contribution < -0.4 is 11.4 Å². The molecule has 0 unspecified atom stereocenters. The van der Waals surface area contributed by atoms with Crippen LogP contribution in [-0.2, 0) is 13.1 Å². The summed E-state index contributed by atoms with van der Waals surface area (Å²) in [7, 11) is 0. The van der Waals surface area contributed by atoms with Gasteiger partial charge < -0.3 is 0 Å². The zero-order valence-electron chi connectivity index (χ0n) is 13.0. The smallest absolute Gasteiger partial charge is 0.245 e. The van der Waals surface area contributed by atoms with Crippen LogP contribution in [0.5, 0.6) is 0 Å². The molecule has 0 N–H and O–H groups in total. The van der Waals surface area contributed by atoms with Gasteiger partial charge in [0.2, 0.25) is 0 Å². The third-order valence-electron chi connectivity index (χ3n) is 4.84. The van der Waals surface area contributed by atoms with E-state index >= 15 is 0 Å². The Kier molecular flexibility index (Phi) is 3.22. The molecule has 0 fully saturated rings. The van der Waals surface area contributed by atoms with E-state index in [1.165, 1.54) is 15.7 Å². The zero-order chi connectivity index (χ0) is 16.0. The average Bonchev–Trinajstić information content (AvgIpc) is 2.71. The van der Waals surface area contributed by atoms with Gasteiger partial charge in [-0.05, 0) is 49.0 Å². The van der Waals surface area contributed by atoms with Crippen molar-refractivity contribution in [1.82, 2.24) is 13.9 Å². The highest BCUT2D eigenvalue weighted by Gasteiger charge is 2.26. The summed E-state index contributed by atoms with van der Waals surface area (Å²) >= 11 is 0. The molecule has 5 nitrogen and oxygen atoms in total. The van der Waals surface area contributed by atoms with Gasteiger partial charge in [0.25, 0.3) is 0 Å². The molecule has 0 amide bonds. The first-order chi connectivity index (χ1) is 11.2. The van der Waals surface area contributed by atoms with Gasteiger partial charge in [0.15, 0.2) is 0 Å². The highest BCUT2D eigenvalue weighted by molar-refractivity contribution is 5.36. The van der Waals surface area contributed by atoms with Gasteiger partial charge in [-0.15, -0.1) is 0 Å². The Morgan fingerprint density at radius 1 is 0.870 bits per heavy atom. The van der Waals surface area contributed by atoms with E-state index in [-0.39, 0.29) is 11.4 Å². The van der Waals surface area contributed by atoms with Gasteiger partial charge in [0, 0.05) is 0 Å². The van der Waals surface area contributed by atoms with Crippen molar-refractivity contribution in [2.45, 2.75) is 38.8 Å². The Labute approximate surface area is 133 Å². The van der Waals surface area contributed by atoms with E-state index in [2.05, 4.69) is 6.58 Å². The van der Waals surface area contributed by atoms with Crippen molar-refractivity contribution >= 4 is 0 Å². The summed E-state index contributed by atoms with van der Waals surface area (Å²) in [5.41, 5.74) is 3.64. The summed E-state index contributed by atoms with van der Waals surface area (Å²) in [6, 6.07) is 9.10. The standard InChI is InChI=1S/C18H19N3O2/c1-13-7-5-6-8-14-11-19-17(22)21(15-9-3-2-4-10-15)18(23)20(19)12-16(13)14/h2-4,9-10H,1,5-8,11-12H2. The summed E-state index contributed by atoms with van der Waals surface area (Å²) in [6.07, 6.45) is 4.23. The predicted octanol–water partition coefficient (Wildman–Crippen LogP) is 2.24. The number of rotatable bonds is 1. The van der Waals surface area contributed by atoms with Gasteiger partial charge >= 0.3 is 11.4 Å². The molecule has 1 aliphatic carbocycles. The first-order valence-electron chi connectivity index (χ1n) is 8.04. The monoisotopic (exact) mass is 309 g/mol. The van der Waals surface area contributed by atoms with E-state index in [0.29, 0.717) is 18.8 Å². The van der Waals surface area contributed by atoms with Crippen molar-refractivity contribution in [2.24, 2.45) is 0 Å². The molecule has 4 rings (SSSR count). The van der Waals surface area contributed by atoms with Crippen LogP contribution in [0.4, 0.5) is 0 Å². The molecule has 118 valence electrons. The van der Waals surface area contributed by atoms with E-state index in [9.17, 15) is 9.59 Å². The lowest BCUT2D eigenvalue weighted by Gasteiger charge is -2.22. The molecule has 1 aromatic carbocycles. The van der Waals surface area contributed by atoms with Gasteiger partial charge in [0.05, 0.1) is 18.8 Å². The van der Waals surface area contributed by atoms with Crippen LogP contribution in [0.15, 0.2) is 63.2 Å². The second-order valence-corrected chi connectivity index (χ2v) is 6.24. The topological polar surface area (TPSA) is 48.9 Å². The maximum atomic E-state index is 12.8. The number of aromatic nitrogens is 3. The Bertz CT molecular complexity index is 925. The highest BCUT2D eigenvalue weighted by Crippen LogP contribution is 2.30. The molecule has 23 heavy (non-hydrogen) atoms. The average molecular weight is 309 g/mol. The Hall–Kier alpha value is -2.56. The molecule has 2 aromatic rings. The molecule has 0 saturated heterocycles. The Morgan fingerprint density at radius 2 is 1.52 bits per heavy atom. The first kappa shape index (κ1) is 14.1. The van der Waals surface area contributed by atoms with Gasteiger partial charge in [-0.1, -0.05) is 30.4 Å². The summed E-state index contributed by atoms with van der Waals surface area (Å²) in [6.45, 7) is 5.14. The summed E-state index contributed by atoms with van der Waals surface area (Å²) in [4.78, 5) is 25.5. The fraction of sp³-hybridized carbons (Fsp3) is 0.333. The first-order valence-corrected chi connectivity index (χ1v) is 8.04. The molecular formula is C18H19N3O2. The Morgan fingerprint density at radius 3 is 2.26 bits per heavy atom. The molecule has 0 bridgehead atoms. The second kappa shape index (κ2) is 5.26. The number of benzene rings is 1. The Balaban J connectivity index is 1.86. The van der Waals surface area contributed by atoms with Crippen molar-refractivity contribution in [3.05, 3.63) is 74.6 Å². The lowest BCUT2D eigenvalue weighted by Crippen LogP contribution is -2.32. The normalized spacial score (nSPS) is 17.7. The number of allylic oxidation sites excluding steroid dienone is 3.